The molecule has 0 spiro atoms. The van der Waals surface area contributed by atoms with E-state index in [1.807, 2.05) is 6.07 Å². The van der Waals surface area contributed by atoms with E-state index in [0.29, 0.717) is 33.0 Å². The van der Waals surface area contributed by atoms with Crippen LogP contribution < -0.4 is 59.3 Å². The first-order valence-electron chi connectivity index (χ1n) is 13.8. The zero-order chi connectivity index (χ0) is 31.9. The van der Waals surface area contributed by atoms with Gasteiger partial charge in [0.2, 0.25) is 5.91 Å². The second-order valence-electron chi connectivity index (χ2n) is 10.1. The van der Waals surface area contributed by atoms with Gasteiger partial charge in [-0.25, -0.2) is 13.6 Å². The third-order valence-corrected chi connectivity index (χ3v) is 7.76. The van der Waals surface area contributed by atoms with Gasteiger partial charge in [0.15, 0.2) is 0 Å². The summed E-state index contributed by atoms with van der Waals surface area (Å²) in [7, 11) is 1.44. The van der Waals surface area contributed by atoms with E-state index >= 15 is 0 Å². The molecule has 3 aromatic carbocycles. The van der Waals surface area contributed by atoms with Gasteiger partial charge in [-0.2, -0.15) is 0 Å². The smallest absolute Gasteiger partial charge is 0.545 e. The van der Waals surface area contributed by atoms with Crippen molar-refractivity contribution in [2.24, 2.45) is 0 Å². The molecule has 1 aliphatic heterocycles. The fourth-order valence-corrected chi connectivity index (χ4v) is 5.17. The molecule has 0 aromatic heterocycles. The standard InChI is InChI=1S/C31H33BrF2N4O6.Na/c1-21(39)37(17-18-44-24-10-7-22(8-11-24)29(40)41)23-9-12-27(28(19-23)43-2)38(16-15-36-14-13-31(33,34)20-36)30(42)35-26-6-4-3-5-25(26)32;/h3-12,19H,13-18,20H2,1-2H3,(H,35,42)(H,40,41);/q;+1/p-1. The number of carboxylic acid groups (broad SMARTS) is 1. The summed E-state index contributed by atoms with van der Waals surface area (Å²) in [6.45, 7) is 1.83. The van der Waals surface area contributed by atoms with Crippen LogP contribution >= 0.6 is 15.9 Å². The number of carboxylic acids is 1. The molecule has 0 aliphatic carbocycles. The third kappa shape index (κ3) is 9.88. The first kappa shape index (κ1) is 36.2. The van der Waals surface area contributed by atoms with Crippen molar-refractivity contribution in [1.29, 1.82) is 0 Å². The Labute approximate surface area is 290 Å². The number of ether oxygens (including phenoxy) is 2. The number of rotatable bonds is 12. The van der Waals surface area contributed by atoms with Crippen LogP contribution in [0.2, 0.25) is 0 Å². The number of carbonyl (C=O) groups excluding carboxylic acids is 3. The molecule has 0 bridgehead atoms. The van der Waals surface area contributed by atoms with E-state index < -0.39 is 17.9 Å². The van der Waals surface area contributed by atoms with E-state index in [2.05, 4.69) is 21.2 Å². The van der Waals surface area contributed by atoms with Crippen LogP contribution in [0.4, 0.5) is 30.6 Å². The molecule has 1 N–H and O–H groups in total. The number of halogens is 3. The first-order chi connectivity index (χ1) is 21.0. The Hall–Kier alpha value is -3.23. The van der Waals surface area contributed by atoms with E-state index in [4.69, 9.17) is 9.47 Å². The Morgan fingerprint density at radius 3 is 2.36 bits per heavy atom. The number of aromatic carboxylic acids is 1. The van der Waals surface area contributed by atoms with Gasteiger partial charge in [-0.3, -0.25) is 14.6 Å². The third-order valence-electron chi connectivity index (χ3n) is 7.07. The minimum absolute atomic E-state index is 0. The second-order valence-corrected chi connectivity index (χ2v) is 11.0. The summed E-state index contributed by atoms with van der Waals surface area (Å²) < 4.78 is 39.7. The van der Waals surface area contributed by atoms with Crippen molar-refractivity contribution in [1.82, 2.24) is 4.90 Å². The number of hydrogen-bond acceptors (Lipinski definition) is 7. The fraction of sp³-hybridized carbons (Fsp3) is 0.323. The SMILES string of the molecule is COc1cc(N(CCOc2ccc(C(=O)[O-])cc2)C(C)=O)ccc1N(CCN1CCC(F)(F)C1)C(=O)Nc1ccccc1Br.[Na+]. The van der Waals surface area contributed by atoms with Crippen molar-refractivity contribution in [2.45, 2.75) is 19.3 Å². The molecule has 1 saturated heterocycles. The average Bonchev–Trinajstić information content (AvgIpc) is 3.35. The fourth-order valence-electron chi connectivity index (χ4n) is 4.78. The molecule has 1 heterocycles. The van der Waals surface area contributed by atoms with Gasteiger partial charge in [0.05, 0.1) is 37.5 Å². The number of likely N-dealkylation sites (tertiary alicyclic amines) is 1. The molecular formula is C31H32BrF2N4NaO6. The Kier molecular flexibility index (Phi) is 13.2. The van der Waals surface area contributed by atoms with Crippen LogP contribution in [0.15, 0.2) is 71.2 Å². The maximum atomic E-state index is 13.8. The molecule has 234 valence electrons. The van der Waals surface area contributed by atoms with Gasteiger partial charge in [0.1, 0.15) is 18.1 Å². The molecule has 45 heavy (non-hydrogen) atoms. The molecule has 0 radical (unpaired) electrons. The van der Waals surface area contributed by atoms with Crippen molar-refractivity contribution >= 4 is 50.9 Å². The number of hydrogen-bond donors (Lipinski definition) is 1. The van der Waals surface area contributed by atoms with Crippen molar-refractivity contribution in [3.63, 3.8) is 0 Å². The van der Waals surface area contributed by atoms with E-state index in [1.165, 1.54) is 48.1 Å². The van der Waals surface area contributed by atoms with Crippen LogP contribution in [-0.2, 0) is 4.79 Å². The number of anilines is 3. The second kappa shape index (κ2) is 16.4. The number of benzene rings is 3. The number of carbonyl (C=O) groups is 3. The number of nitrogens with zero attached hydrogens (tertiary/aromatic N) is 3. The maximum Gasteiger partial charge on any atom is 1.00 e. The zero-order valence-corrected chi connectivity index (χ0v) is 28.8. The van der Waals surface area contributed by atoms with Crippen LogP contribution in [0.5, 0.6) is 11.5 Å². The minimum Gasteiger partial charge on any atom is -0.545 e. The topological polar surface area (TPSA) is 114 Å². The van der Waals surface area contributed by atoms with Gasteiger partial charge in [0.25, 0.3) is 5.92 Å². The van der Waals surface area contributed by atoms with Crippen LogP contribution in [0.25, 0.3) is 0 Å². The molecule has 0 saturated carbocycles. The number of nitrogens with one attached hydrogen (secondary N) is 1. The van der Waals surface area contributed by atoms with Gasteiger partial charge in [-0.05, 0) is 70.0 Å². The van der Waals surface area contributed by atoms with Gasteiger partial charge < -0.3 is 29.6 Å². The quantitative estimate of drug-likeness (QED) is 0.287. The van der Waals surface area contributed by atoms with Crippen LogP contribution in [-0.4, -0.2) is 75.2 Å². The monoisotopic (exact) mass is 696 g/mol. The van der Waals surface area contributed by atoms with Gasteiger partial charge in [-0.1, -0.05) is 12.1 Å². The summed E-state index contributed by atoms with van der Waals surface area (Å²) in [5, 5.41) is 13.8. The number of methoxy groups -OCH3 is 1. The molecular weight excluding hydrogens is 665 g/mol. The maximum absolute atomic E-state index is 13.8. The van der Waals surface area contributed by atoms with Crippen molar-refractivity contribution < 1.29 is 67.3 Å². The minimum atomic E-state index is -2.76. The van der Waals surface area contributed by atoms with Crippen molar-refractivity contribution in [3.05, 3.63) is 76.8 Å². The molecule has 4 rings (SSSR count). The summed E-state index contributed by atoms with van der Waals surface area (Å²) in [5.74, 6) is -3.61. The molecule has 14 heteroatoms. The van der Waals surface area contributed by atoms with E-state index in [1.54, 1.807) is 41.3 Å². The summed E-state index contributed by atoms with van der Waals surface area (Å²) in [6, 6.07) is 17.3. The van der Waals surface area contributed by atoms with Gasteiger partial charge in [0, 0.05) is 49.2 Å². The number of urea groups is 1. The zero-order valence-electron chi connectivity index (χ0n) is 25.2. The van der Waals surface area contributed by atoms with Crippen LogP contribution in [0, 0.1) is 0 Å². The Morgan fingerprint density at radius 1 is 1.04 bits per heavy atom. The summed E-state index contributed by atoms with van der Waals surface area (Å²) >= 11 is 3.42. The molecule has 0 unspecified atom stereocenters. The largest absolute Gasteiger partial charge is 1.00 e. The first-order valence-corrected chi connectivity index (χ1v) is 14.6. The van der Waals surface area contributed by atoms with Gasteiger partial charge >= 0.3 is 35.6 Å². The number of para-hydroxylation sites is 1. The number of amides is 3. The molecule has 1 fully saturated rings. The van der Waals surface area contributed by atoms with E-state index in [0.717, 1.165) is 0 Å². The Bertz CT molecular complexity index is 1500. The van der Waals surface area contributed by atoms with Crippen molar-refractivity contribution in [2.75, 3.05) is 61.6 Å². The normalized spacial score (nSPS) is 13.8. The van der Waals surface area contributed by atoms with Crippen LogP contribution in [0.3, 0.4) is 0 Å². The van der Waals surface area contributed by atoms with Gasteiger partial charge in [-0.15, -0.1) is 0 Å². The molecule has 3 amide bonds. The Morgan fingerprint density at radius 2 is 1.76 bits per heavy atom. The Balaban J connectivity index is 0.00000552. The summed E-state index contributed by atoms with van der Waals surface area (Å²) in [6.07, 6.45) is -0.232. The summed E-state index contributed by atoms with van der Waals surface area (Å²) in [5.41, 5.74) is 1.43. The van der Waals surface area contributed by atoms with Crippen LogP contribution in [0.1, 0.15) is 23.7 Å². The molecule has 0 atom stereocenters. The predicted octanol–water partition coefficient (Wildman–Crippen LogP) is 1.64. The average molecular weight is 698 g/mol. The van der Waals surface area contributed by atoms with E-state index in [-0.39, 0.29) is 86.8 Å². The van der Waals surface area contributed by atoms with E-state index in [9.17, 15) is 28.3 Å². The number of alkyl halides is 2. The molecule has 3 aromatic rings. The molecule has 10 nitrogen and oxygen atoms in total. The predicted molar refractivity (Wildman–Crippen MR) is 164 cm³/mol. The van der Waals surface area contributed by atoms with Crippen molar-refractivity contribution in [3.8, 4) is 11.5 Å². The summed E-state index contributed by atoms with van der Waals surface area (Å²) in [4.78, 5) is 41.6. The molecule has 1 aliphatic rings.